The average molecular weight is 283 g/mol. The molecule has 1 saturated heterocycles. The lowest BCUT2D eigenvalue weighted by molar-refractivity contribution is -0.00966. The van der Waals surface area contributed by atoms with Crippen LogP contribution in [0.2, 0.25) is 5.02 Å². The number of nitrogens with zero attached hydrogens (tertiary/aromatic N) is 1. The Labute approximate surface area is 120 Å². The molecule has 0 aromatic heterocycles. The highest BCUT2D eigenvalue weighted by Crippen LogP contribution is 2.17. The summed E-state index contributed by atoms with van der Waals surface area (Å²) in [5.41, 5.74) is 1.30. The molecule has 3 nitrogen and oxygen atoms in total. The van der Waals surface area contributed by atoms with Gasteiger partial charge in [0.15, 0.2) is 0 Å². The minimum Gasteiger partial charge on any atom is -0.379 e. The van der Waals surface area contributed by atoms with Crippen LogP contribution in [-0.2, 0) is 11.3 Å². The largest absolute Gasteiger partial charge is 0.379 e. The molecule has 0 radical (unpaired) electrons. The topological polar surface area (TPSA) is 24.5 Å². The van der Waals surface area contributed by atoms with E-state index in [1.54, 1.807) is 0 Å². The van der Waals surface area contributed by atoms with Gasteiger partial charge in [-0.05, 0) is 25.5 Å². The second-order valence-corrected chi connectivity index (χ2v) is 6.01. The van der Waals surface area contributed by atoms with E-state index in [0.29, 0.717) is 0 Å². The van der Waals surface area contributed by atoms with Gasteiger partial charge in [0.25, 0.3) is 0 Å². The molecule has 4 heteroatoms. The minimum atomic E-state index is 0.144. The average Bonchev–Trinajstić information content (AvgIpc) is 2.42. The zero-order valence-corrected chi connectivity index (χ0v) is 12.5. The van der Waals surface area contributed by atoms with Crippen LogP contribution in [-0.4, -0.2) is 43.3 Å². The van der Waals surface area contributed by atoms with Gasteiger partial charge < -0.3 is 10.1 Å². The minimum absolute atomic E-state index is 0.144. The van der Waals surface area contributed by atoms with E-state index in [1.807, 2.05) is 18.2 Å². The third-order valence-electron chi connectivity index (χ3n) is 3.70. The lowest BCUT2D eigenvalue weighted by Crippen LogP contribution is -2.54. The Bertz CT molecular complexity index is 403. The molecule has 1 aromatic carbocycles. The maximum absolute atomic E-state index is 6.16. The maximum atomic E-state index is 6.16. The van der Waals surface area contributed by atoms with Crippen molar-refractivity contribution >= 4 is 11.6 Å². The summed E-state index contributed by atoms with van der Waals surface area (Å²) in [6, 6.07) is 7.99. The van der Waals surface area contributed by atoms with Crippen molar-refractivity contribution in [2.75, 3.05) is 32.8 Å². The first-order chi connectivity index (χ1) is 9.09. The zero-order chi connectivity index (χ0) is 13.7. The second kappa shape index (κ2) is 6.71. The van der Waals surface area contributed by atoms with Crippen LogP contribution in [0.1, 0.15) is 19.4 Å². The molecule has 0 aliphatic carbocycles. The number of hydrogen-bond donors (Lipinski definition) is 1. The predicted octanol–water partition coefficient (Wildman–Crippen LogP) is 2.54. The van der Waals surface area contributed by atoms with Crippen molar-refractivity contribution in [3.63, 3.8) is 0 Å². The molecule has 1 fully saturated rings. The highest BCUT2D eigenvalue weighted by Gasteiger charge is 2.27. The summed E-state index contributed by atoms with van der Waals surface area (Å²) < 4.78 is 5.40. The lowest BCUT2D eigenvalue weighted by Gasteiger charge is -2.41. The van der Waals surface area contributed by atoms with Gasteiger partial charge in [0.05, 0.1) is 13.2 Å². The van der Waals surface area contributed by atoms with Gasteiger partial charge in [-0.3, -0.25) is 4.90 Å². The molecule has 19 heavy (non-hydrogen) atoms. The second-order valence-electron chi connectivity index (χ2n) is 5.61. The van der Waals surface area contributed by atoms with Crippen molar-refractivity contribution in [1.29, 1.82) is 0 Å². The fourth-order valence-corrected chi connectivity index (χ4v) is 2.63. The molecule has 0 bridgehead atoms. The van der Waals surface area contributed by atoms with Crippen LogP contribution < -0.4 is 5.32 Å². The van der Waals surface area contributed by atoms with E-state index in [4.69, 9.17) is 16.3 Å². The Morgan fingerprint density at radius 3 is 2.63 bits per heavy atom. The molecule has 1 aliphatic heterocycles. The van der Waals surface area contributed by atoms with Crippen LogP contribution >= 0.6 is 11.6 Å². The van der Waals surface area contributed by atoms with Crippen LogP contribution in [0.15, 0.2) is 24.3 Å². The van der Waals surface area contributed by atoms with Crippen LogP contribution in [0.5, 0.6) is 0 Å². The van der Waals surface area contributed by atoms with Gasteiger partial charge in [-0.2, -0.15) is 0 Å². The van der Waals surface area contributed by atoms with Crippen LogP contribution in [0.3, 0.4) is 0 Å². The van der Waals surface area contributed by atoms with Crippen LogP contribution in [0, 0.1) is 0 Å². The predicted molar refractivity (Wildman–Crippen MR) is 79.6 cm³/mol. The summed E-state index contributed by atoms with van der Waals surface area (Å²) in [5.74, 6) is 0. The molecule has 0 atom stereocenters. The first-order valence-electron chi connectivity index (χ1n) is 6.86. The number of halogens is 1. The Kier molecular flexibility index (Phi) is 5.22. The van der Waals surface area contributed by atoms with Crippen molar-refractivity contribution in [2.24, 2.45) is 0 Å². The highest BCUT2D eigenvalue weighted by molar-refractivity contribution is 6.31. The fourth-order valence-electron chi connectivity index (χ4n) is 2.43. The smallest absolute Gasteiger partial charge is 0.0594 e. The Hall–Kier alpha value is -0.610. The van der Waals surface area contributed by atoms with Gasteiger partial charge in [0, 0.05) is 36.7 Å². The van der Waals surface area contributed by atoms with E-state index in [2.05, 4.69) is 30.1 Å². The summed E-state index contributed by atoms with van der Waals surface area (Å²) in [4.78, 5) is 2.48. The molecular formula is C15H23ClN2O. The molecule has 1 aromatic rings. The van der Waals surface area contributed by atoms with Gasteiger partial charge in [0.1, 0.15) is 0 Å². The number of ether oxygens (including phenoxy) is 1. The molecule has 106 valence electrons. The fraction of sp³-hybridized carbons (Fsp3) is 0.600. The van der Waals surface area contributed by atoms with Crippen molar-refractivity contribution in [3.8, 4) is 0 Å². The number of morpholine rings is 1. The third kappa shape index (κ3) is 4.18. The monoisotopic (exact) mass is 282 g/mol. The zero-order valence-electron chi connectivity index (χ0n) is 11.8. The van der Waals surface area contributed by atoms with Crippen LogP contribution in [0.25, 0.3) is 0 Å². The molecule has 2 rings (SSSR count). The lowest BCUT2D eigenvalue weighted by atomic mass is 10.0. The molecule has 0 spiro atoms. The summed E-state index contributed by atoms with van der Waals surface area (Å²) in [7, 11) is 0. The van der Waals surface area contributed by atoms with E-state index in [-0.39, 0.29) is 5.54 Å². The normalized spacial score (nSPS) is 17.6. The van der Waals surface area contributed by atoms with Crippen molar-refractivity contribution in [2.45, 2.75) is 25.9 Å². The van der Waals surface area contributed by atoms with Crippen molar-refractivity contribution in [1.82, 2.24) is 10.2 Å². The van der Waals surface area contributed by atoms with Crippen molar-refractivity contribution < 1.29 is 4.74 Å². The Morgan fingerprint density at radius 1 is 1.26 bits per heavy atom. The number of rotatable bonds is 5. The Morgan fingerprint density at radius 2 is 1.95 bits per heavy atom. The van der Waals surface area contributed by atoms with Gasteiger partial charge in [-0.1, -0.05) is 29.8 Å². The van der Waals surface area contributed by atoms with E-state index in [1.165, 1.54) is 0 Å². The molecule has 0 unspecified atom stereocenters. The Balaban J connectivity index is 1.82. The van der Waals surface area contributed by atoms with E-state index < -0.39 is 0 Å². The molecule has 1 N–H and O–H groups in total. The molecule has 1 heterocycles. The quantitative estimate of drug-likeness (QED) is 0.898. The van der Waals surface area contributed by atoms with Gasteiger partial charge >= 0.3 is 0 Å². The molecule has 0 saturated carbocycles. The standard InChI is InChI=1S/C15H23ClN2O/c1-15(2,18-7-9-19-10-8-18)12-17-11-13-5-3-4-6-14(13)16/h3-6,17H,7-12H2,1-2H3. The number of benzene rings is 1. The van der Waals surface area contributed by atoms with Crippen LogP contribution in [0.4, 0.5) is 0 Å². The van der Waals surface area contributed by atoms with Crippen molar-refractivity contribution in [3.05, 3.63) is 34.9 Å². The van der Waals surface area contributed by atoms with E-state index in [9.17, 15) is 0 Å². The van der Waals surface area contributed by atoms with Gasteiger partial charge in [-0.15, -0.1) is 0 Å². The van der Waals surface area contributed by atoms with Gasteiger partial charge in [0.2, 0.25) is 0 Å². The molecule has 1 aliphatic rings. The summed E-state index contributed by atoms with van der Waals surface area (Å²) in [6.07, 6.45) is 0. The number of hydrogen-bond acceptors (Lipinski definition) is 3. The summed E-state index contributed by atoms with van der Waals surface area (Å²) in [5, 5.41) is 4.35. The van der Waals surface area contributed by atoms with E-state index >= 15 is 0 Å². The third-order valence-corrected chi connectivity index (χ3v) is 4.07. The van der Waals surface area contributed by atoms with Gasteiger partial charge in [-0.25, -0.2) is 0 Å². The SMILES string of the molecule is CC(C)(CNCc1ccccc1Cl)N1CCOCC1. The maximum Gasteiger partial charge on any atom is 0.0594 e. The number of nitrogens with one attached hydrogen (secondary N) is 1. The summed E-state index contributed by atoms with van der Waals surface area (Å²) in [6.45, 7) is 10.0. The summed E-state index contributed by atoms with van der Waals surface area (Å²) >= 11 is 6.16. The first kappa shape index (κ1) is 14.8. The first-order valence-corrected chi connectivity index (χ1v) is 7.24. The van der Waals surface area contributed by atoms with E-state index in [0.717, 1.165) is 50.0 Å². The molecule has 0 amide bonds. The highest BCUT2D eigenvalue weighted by atomic mass is 35.5. The molecular weight excluding hydrogens is 260 g/mol.